The number of ether oxygens (including phenoxy) is 2. The zero-order valence-electron chi connectivity index (χ0n) is 18.2. The second kappa shape index (κ2) is 9.86. The first-order valence-corrected chi connectivity index (χ1v) is 11.0. The molecule has 2 aliphatic rings. The van der Waals surface area contributed by atoms with Crippen molar-refractivity contribution in [3.8, 4) is 5.88 Å². The highest BCUT2D eigenvalue weighted by atomic mass is 32.2. The molecule has 170 valence electrons. The van der Waals surface area contributed by atoms with Crippen LogP contribution in [0.4, 0.5) is 9.18 Å². The van der Waals surface area contributed by atoms with Gasteiger partial charge >= 0.3 is 6.09 Å². The molecule has 3 rings (SSSR count). The van der Waals surface area contributed by atoms with E-state index in [0.29, 0.717) is 24.0 Å². The number of aromatic nitrogens is 1. The van der Waals surface area contributed by atoms with Gasteiger partial charge in [-0.2, -0.15) is 0 Å². The second-order valence-corrected chi connectivity index (χ2v) is 9.82. The number of nitrogens with zero attached hydrogens (tertiary/aromatic N) is 2. The third-order valence-electron chi connectivity index (χ3n) is 5.07. The van der Waals surface area contributed by atoms with Gasteiger partial charge in [0.1, 0.15) is 12.2 Å². The molecule has 2 unspecified atom stereocenters. The summed E-state index contributed by atoms with van der Waals surface area (Å²) < 4.78 is 26.0. The fraction of sp³-hybridized carbons (Fsp3) is 0.571. The Kier molecular flexibility index (Phi) is 7.42. The lowest BCUT2D eigenvalue weighted by Gasteiger charge is -2.20. The van der Waals surface area contributed by atoms with Gasteiger partial charge in [-0.05, 0) is 50.6 Å². The van der Waals surface area contributed by atoms with E-state index in [4.69, 9.17) is 9.47 Å². The lowest BCUT2D eigenvalue weighted by atomic mass is 10.2. The number of pyridine rings is 1. The average molecular weight is 453 g/mol. The molecule has 0 bridgehead atoms. The molecule has 1 aliphatic carbocycles. The summed E-state index contributed by atoms with van der Waals surface area (Å²) in [6, 6.07) is 3.62. The van der Waals surface area contributed by atoms with E-state index in [1.165, 1.54) is 0 Å². The number of rotatable bonds is 8. The zero-order valence-corrected chi connectivity index (χ0v) is 19.0. The van der Waals surface area contributed by atoms with Crippen molar-refractivity contribution in [2.45, 2.75) is 31.3 Å². The van der Waals surface area contributed by atoms with Crippen molar-refractivity contribution in [2.75, 3.05) is 33.3 Å². The predicted molar refractivity (Wildman–Crippen MR) is 115 cm³/mol. The molecular weight excluding hydrogens is 423 g/mol. The maximum absolute atomic E-state index is 13.1. The van der Waals surface area contributed by atoms with Crippen LogP contribution >= 0.6 is 11.9 Å². The minimum absolute atomic E-state index is 0.0201. The molecule has 0 spiro atoms. The molecule has 10 heteroatoms. The number of fused-ring (bicyclic) bond motifs is 1. The minimum atomic E-state index is -0.620. The van der Waals surface area contributed by atoms with Crippen LogP contribution in [0.15, 0.2) is 35.1 Å². The third-order valence-corrected chi connectivity index (χ3v) is 6.08. The highest BCUT2D eigenvalue weighted by Crippen LogP contribution is 2.53. The summed E-state index contributed by atoms with van der Waals surface area (Å²) in [5.74, 6) is 1.57. The van der Waals surface area contributed by atoms with E-state index in [1.807, 2.05) is 6.07 Å². The molecule has 1 aromatic heterocycles. The van der Waals surface area contributed by atoms with E-state index in [9.17, 15) is 14.0 Å². The van der Waals surface area contributed by atoms with Gasteiger partial charge in [0.15, 0.2) is 0 Å². The molecule has 31 heavy (non-hydrogen) atoms. The standard InChI is InChI=1S/C21H29FN4O4S/c1-21(2,3)30-20(28)25-8-13(7-22)12-29-17-6-5-14(9-24-17)31-26-10-15-16(11-26)18(15)19(27)23-4/h5-7,9,15-16,18H,8,10-12H2,1-4H3,(H,23,27)(H,25,28)/b13-7+. The molecule has 8 nitrogen and oxygen atoms in total. The number of nitrogens with one attached hydrogen (secondary N) is 2. The SMILES string of the molecule is CNC(=O)C1C2CN(Sc3ccc(OC/C(=C/F)CNC(=O)OC(C)(C)C)nc3)CC21. The number of carbonyl (C=O) groups excluding carboxylic acids is 2. The summed E-state index contributed by atoms with van der Waals surface area (Å²) in [6.07, 6.45) is 1.50. The zero-order chi connectivity index (χ0) is 22.6. The quantitative estimate of drug-likeness (QED) is 0.586. The van der Waals surface area contributed by atoms with Gasteiger partial charge in [-0.15, -0.1) is 0 Å². The van der Waals surface area contributed by atoms with Crippen molar-refractivity contribution in [3.63, 3.8) is 0 Å². The summed E-state index contributed by atoms with van der Waals surface area (Å²) in [6.45, 7) is 6.98. The van der Waals surface area contributed by atoms with Crippen molar-refractivity contribution in [2.24, 2.45) is 17.8 Å². The van der Waals surface area contributed by atoms with Crippen molar-refractivity contribution in [1.82, 2.24) is 19.9 Å². The number of hydrogen-bond donors (Lipinski definition) is 2. The van der Waals surface area contributed by atoms with Crippen LogP contribution in [0.1, 0.15) is 20.8 Å². The van der Waals surface area contributed by atoms with Crippen molar-refractivity contribution >= 4 is 23.9 Å². The summed E-state index contributed by atoms with van der Waals surface area (Å²) in [4.78, 5) is 28.6. The first-order valence-electron chi connectivity index (χ1n) is 10.2. The monoisotopic (exact) mass is 452 g/mol. The van der Waals surface area contributed by atoms with Gasteiger partial charge in [0.2, 0.25) is 11.8 Å². The molecule has 2 amide bonds. The van der Waals surface area contributed by atoms with Gasteiger partial charge in [-0.1, -0.05) is 0 Å². The van der Waals surface area contributed by atoms with Crippen LogP contribution in [0, 0.1) is 17.8 Å². The molecule has 1 aromatic rings. The van der Waals surface area contributed by atoms with Gasteiger partial charge in [0, 0.05) is 55.3 Å². The Morgan fingerprint density at radius 3 is 2.58 bits per heavy atom. The molecule has 0 aromatic carbocycles. The van der Waals surface area contributed by atoms with Crippen molar-refractivity contribution < 1.29 is 23.5 Å². The number of halogens is 1. The fourth-order valence-electron chi connectivity index (χ4n) is 3.56. The predicted octanol–water partition coefficient (Wildman–Crippen LogP) is 2.77. The lowest BCUT2D eigenvalue weighted by molar-refractivity contribution is -0.122. The van der Waals surface area contributed by atoms with E-state index in [0.717, 1.165) is 18.0 Å². The first-order chi connectivity index (χ1) is 14.7. The highest BCUT2D eigenvalue weighted by molar-refractivity contribution is 7.97. The smallest absolute Gasteiger partial charge is 0.407 e. The third kappa shape index (κ3) is 6.57. The first kappa shape index (κ1) is 23.3. The number of alkyl carbamates (subject to hydrolysis) is 1. The van der Waals surface area contributed by atoms with Crippen LogP contribution in [0.3, 0.4) is 0 Å². The Labute approximate surface area is 186 Å². The molecule has 2 N–H and O–H groups in total. The average Bonchev–Trinajstić information content (AvgIpc) is 3.22. The van der Waals surface area contributed by atoms with E-state index < -0.39 is 11.7 Å². The second-order valence-electron chi connectivity index (χ2n) is 8.65. The van der Waals surface area contributed by atoms with Crippen LogP contribution in [0.2, 0.25) is 0 Å². The topological polar surface area (TPSA) is 92.8 Å². The van der Waals surface area contributed by atoms with Crippen molar-refractivity contribution in [3.05, 3.63) is 30.2 Å². The Morgan fingerprint density at radius 1 is 1.32 bits per heavy atom. The maximum Gasteiger partial charge on any atom is 0.407 e. The molecule has 0 radical (unpaired) electrons. The summed E-state index contributed by atoms with van der Waals surface area (Å²) >= 11 is 1.61. The van der Waals surface area contributed by atoms with Gasteiger partial charge in [0.25, 0.3) is 0 Å². The van der Waals surface area contributed by atoms with Gasteiger partial charge < -0.3 is 20.1 Å². The summed E-state index contributed by atoms with van der Waals surface area (Å²) in [7, 11) is 1.68. The molecular formula is C21H29FN4O4S. The van der Waals surface area contributed by atoms with Crippen LogP contribution < -0.4 is 15.4 Å². The van der Waals surface area contributed by atoms with Crippen LogP contribution in [0.5, 0.6) is 5.88 Å². The normalized spacial score (nSPS) is 23.1. The minimum Gasteiger partial charge on any atom is -0.473 e. The van der Waals surface area contributed by atoms with Crippen LogP contribution in [-0.4, -0.2) is 60.2 Å². The summed E-state index contributed by atoms with van der Waals surface area (Å²) in [5, 5.41) is 5.22. The molecule has 1 saturated heterocycles. The maximum atomic E-state index is 13.1. The van der Waals surface area contributed by atoms with E-state index in [1.54, 1.807) is 52.0 Å². The van der Waals surface area contributed by atoms with E-state index in [-0.39, 0.29) is 30.5 Å². The van der Waals surface area contributed by atoms with Crippen LogP contribution in [0.25, 0.3) is 0 Å². The molecule has 2 atom stereocenters. The Bertz CT molecular complexity index is 816. The van der Waals surface area contributed by atoms with Gasteiger partial charge in [-0.25, -0.2) is 18.5 Å². The Balaban J connectivity index is 1.39. The van der Waals surface area contributed by atoms with Crippen LogP contribution in [-0.2, 0) is 9.53 Å². The lowest BCUT2D eigenvalue weighted by Crippen LogP contribution is -2.34. The molecule has 1 aliphatic heterocycles. The number of piperidine rings is 1. The van der Waals surface area contributed by atoms with Crippen molar-refractivity contribution in [1.29, 1.82) is 0 Å². The van der Waals surface area contributed by atoms with Gasteiger partial charge in [0.05, 0.1) is 6.33 Å². The largest absolute Gasteiger partial charge is 0.473 e. The fourth-order valence-corrected chi connectivity index (χ4v) is 4.58. The van der Waals surface area contributed by atoms with Gasteiger partial charge in [-0.3, -0.25) is 4.79 Å². The molecule has 2 fully saturated rings. The summed E-state index contributed by atoms with van der Waals surface area (Å²) in [5.41, 5.74) is -0.362. The Hall–Kier alpha value is -2.33. The molecule has 2 heterocycles. The number of carbonyl (C=O) groups is 2. The number of hydrogen-bond acceptors (Lipinski definition) is 7. The molecule has 1 saturated carbocycles. The Morgan fingerprint density at radius 2 is 2.03 bits per heavy atom. The number of amides is 2. The van der Waals surface area contributed by atoms with E-state index >= 15 is 0 Å². The highest BCUT2D eigenvalue weighted by Gasteiger charge is 2.59. The van der Waals surface area contributed by atoms with E-state index in [2.05, 4.69) is 19.9 Å².